The van der Waals surface area contributed by atoms with Crippen LogP contribution in [0.25, 0.3) is 5.88 Å². The molecule has 0 bridgehead atoms. The summed E-state index contributed by atoms with van der Waals surface area (Å²) in [7, 11) is 0. The van der Waals surface area contributed by atoms with Gasteiger partial charge in [-0.2, -0.15) is 0 Å². The van der Waals surface area contributed by atoms with Crippen molar-refractivity contribution in [2.45, 2.75) is 13.8 Å². The van der Waals surface area contributed by atoms with E-state index in [1.165, 1.54) is 0 Å². The lowest BCUT2D eigenvalue weighted by molar-refractivity contribution is 0.0996. The highest BCUT2D eigenvalue weighted by atomic mass is 16.4. The lowest BCUT2D eigenvalue weighted by atomic mass is 10.2. The molecule has 0 aliphatic rings. The van der Waals surface area contributed by atoms with Gasteiger partial charge in [0, 0.05) is 42.9 Å². The largest absolute Gasteiger partial charge is 0.435 e. The smallest absolute Gasteiger partial charge is 0.291 e. The molecule has 1 aromatic carbocycles. The molecule has 24 heavy (non-hydrogen) atoms. The third-order valence-corrected chi connectivity index (χ3v) is 3.83. The van der Waals surface area contributed by atoms with Crippen LogP contribution in [-0.4, -0.2) is 28.5 Å². The molecule has 6 heteroatoms. The molecule has 0 unspecified atom stereocenters. The third kappa shape index (κ3) is 3.32. The molecule has 1 N–H and O–H groups in total. The van der Waals surface area contributed by atoms with Crippen LogP contribution < -0.4 is 10.2 Å². The number of anilines is 2. The van der Waals surface area contributed by atoms with Crippen LogP contribution >= 0.6 is 0 Å². The van der Waals surface area contributed by atoms with Gasteiger partial charge in [-0.25, -0.2) is 4.98 Å². The zero-order valence-corrected chi connectivity index (χ0v) is 13.8. The third-order valence-electron chi connectivity index (χ3n) is 3.83. The summed E-state index contributed by atoms with van der Waals surface area (Å²) in [6, 6.07) is 11.2. The number of nitrogens with one attached hydrogen (secondary N) is 1. The fraction of sp³-hybridized carbons (Fsp3) is 0.222. The van der Waals surface area contributed by atoms with Gasteiger partial charge in [-0.3, -0.25) is 9.36 Å². The second-order valence-corrected chi connectivity index (χ2v) is 5.28. The van der Waals surface area contributed by atoms with Crippen LogP contribution in [0, 0.1) is 0 Å². The van der Waals surface area contributed by atoms with E-state index in [0.29, 0.717) is 5.88 Å². The number of rotatable bonds is 6. The Kier molecular flexibility index (Phi) is 4.65. The summed E-state index contributed by atoms with van der Waals surface area (Å²) in [5, 5.41) is 2.84. The van der Waals surface area contributed by atoms with E-state index in [1.807, 2.05) is 24.3 Å². The molecule has 3 aromatic rings. The van der Waals surface area contributed by atoms with Crippen molar-refractivity contribution >= 4 is 17.3 Å². The molecule has 0 spiro atoms. The number of nitrogens with zero attached hydrogens (tertiary/aromatic N) is 3. The minimum atomic E-state index is -0.281. The summed E-state index contributed by atoms with van der Waals surface area (Å²) in [5.41, 5.74) is 1.87. The predicted octanol–water partition coefficient (Wildman–Crippen LogP) is 3.56. The Bertz CT molecular complexity index is 787. The first-order chi connectivity index (χ1) is 11.7. The first-order valence-electron chi connectivity index (χ1n) is 7.95. The van der Waals surface area contributed by atoms with Gasteiger partial charge in [0.1, 0.15) is 6.33 Å². The molecule has 0 saturated heterocycles. The number of carbonyl (C=O) groups excluding carboxylic acids is 1. The maximum Gasteiger partial charge on any atom is 0.291 e. The standard InChI is InChI=1S/C18H20N4O2/c1-3-21(4-2)15-7-5-14(6-8-15)20-18(23)16-9-10-17(24-16)22-12-11-19-13-22/h5-13H,3-4H2,1-2H3,(H,20,23). The Morgan fingerprint density at radius 1 is 1.17 bits per heavy atom. The summed E-state index contributed by atoms with van der Waals surface area (Å²) >= 11 is 0. The predicted molar refractivity (Wildman–Crippen MR) is 93.8 cm³/mol. The van der Waals surface area contributed by atoms with Crippen LogP contribution in [-0.2, 0) is 0 Å². The summed E-state index contributed by atoms with van der Waals surface area (Å²) in [5.74, 6) is 0.526. The second-order valence-electron chi connectivity index (χ2n) is 5.28. The summed E-state index contributed by atoms with van der Waals surface area (Å²) in [6.07, 6.45) is 5.03. The van der Waals surface area contributed by atoms with Crippen molar-refractivity contribution in [2.75, 3.05) is 23.3 Å². The summed E-state index contributed by atoms with van der Waals surface area (Å²) in [4.78, 5) is 18.5. The topological polar surface area (TPSA) is 63.3 Å². The minimum absolute atomic E-state index is 0.256. The van der Waals surface area contributed by atoms with E-state index >= 15 is 0 Å². The van der Waals surface area contributed by atoms with Crippen molar-refractivity contribution in [3.05, 3.63) is 60.9 Å². The van der Waals surface area contributed by atoms with Gasteiger partial charge >= 0.3 is 0 Å². The molecule has 3 rings (SSSR count). The van der Waals surface area contributed by atoms with Crippen LogP contribution in [0.15, 0.2) is 59.5 Å². The first kappa shape index (κ1) is 15.9. The van der Waals surface area contributed by atoms with Crippen LogP contribution in [0.5, 0.6) is 0 Å². The van der Waals surface area contributed by atoms with Crippen molar-refractivity contribution < 1.29 is 9.21 Å². The fourth-order valence-electron chi connectivity index (χ4n) is 2.51. The summed E-state index contributed by atoms with van der Waals surface area (Å²) < 4.78 is 7.27. The molecular formula is C18H20N4O2. The number of benzene rings is 1. The van der Waals surface area contributed by atoms with Gasteiger partial charge in [0.2, 0.25) is 5.88 Å². The van der Waals surface area contributed by atoms with Gasteiger partial charge in [0.05, 0.1) is 0 Å². The normalized spacial score (nSPS) is 10.6. The Hall–Kier alpha value is -3.02. The number of furan rings is 1. The van der Waals surface area contributed by atoms with Gasteiger partial charge in [0.15, 0.2) is 5.76 Å². The first-order valence-corrected chi connectivity index (χ1v) is 7.95. The van der Waals surface area contributed by atoms with Crippen molar-refractivity contribution in [3.8, 4) is 5.88 Å². The Morgan fingerprint density at radius 3 is 2.54 bits per heavy atom. The molecule has 0 atom stereocenters. The molecule has 6 nitrogen and oxygen atoms in total. The van der Waals surface area contributed by atoms with E-state index in [-0.39, 0.29) is 11.7 Å². The highest BCUT2D eigenvalue weighted by molar-refractivity contribution is 6.02. The van der Waals surface area contributed by atoms with E-state index in [1.54, 1.807) is 35.4 Å². The molecule has 0 aliphatic heterocycles. The number of amides is 1. The quantitative estimate of drug-likeness (QED) is 0.753. The fourth-order valence-corrected chi connectivity index (χ4v) is 2.51. The molecule has 0 aliphatic carbocycles. The number of aromatic nitrogens is 2. The Labute approximate surface area is 140 Å². The molecule has 0 fully saturated rings. The van der Waals surface area contributed by atoms with E-state index < -0.39 is 0 Å². The minimum Gasteiger partial charge on any atom is -0.435 e. The molecule has 1 amide bonds. The van der Waals surface area contributed by atoms with Crippen LogP contribution in [0.3, 0.4) is 0 Å². The average Bonchev–Trinajstić information content (AvgIpc) is 3.29. The molecule has 0 saturated carbocycles. The Morgan fingerprint density at radius 2 is 1.92 bits per heavy atom. The maximum atomic E-state index is 12.3. The lowest BCUT2D eigenvalue weighted by Gasteiger charge is -2.21. The van der Waals surface area contributed by atoms with Crippen LogP contribution in [0.1, 0.15) is 24.4 Å². The Balaban J connectivity index is 1.69. The second kappa shape index (κ2) is 7.04. The zero-order chi connectivity index (χ0) is 16.9. The van der Waals surface area contributed by atoms with E-state index in [2.05, 4.69) is 29.0 Å². The van der Waals surface area contributed by atoms with Gasteiger partial charge in [-0.1, -0.05) is 0 Å². The monoisotopic (exact) mass is 324 g/mol. The van der Waals surface area contributed by atoms with Crippen LogP contribution in [0.4, 0.5) is 11.4 Å². The maximum absolute atomic E-state index is 12.3. The number of hydrogen-bond donors (Lipinski definition) is 1. The van der Waals surface area contributed by atoms with Crippen molar-refractivity contribution in [3.63, 3.8) is 0 Å². The zero-order valence-electron chi connectivity index (χ0n) is 13.8. The lowest BCUT2D eigenvalue weighted by Crippen LogP contribution is -2.21. The molecule has 124 valence electrons. The molecule has 2 aromatic heterocycles. The highest BCUT2D eigenvalue weighted by Gasteiger charge is 2.12. The van der Waals surface area contributed by atoms with Crippen molar-refractivity contribution in [1.29, 1.82) is 0 Å². The molecular weight excluding hydrogens is 304 g/mol. The molecule has 0 radical (unpaired) electrons. The van der Waals surface area contributed by atoms with Gasteiger partial charge in [-0.15, -0.1) is 0 Å². The van der Waals surface area contributed by atoms with E-state index in [0.717, 1.165) is 24.5 Å². The van der Waals surface area contributed by atoms with E-state index in [9.17, 15) is 4.79 Å². The van der Waals surface area contributed by atoms with Gasteiger partial charge < -0.3 is 14.6 Å². The van der Waals surface area contributed by atoms with Crippen molar-refractivity contribution in [2.24, 2.45) is 0 Å². The van der Waals surface area contributed by atoms with Crippen LogP contribution in [0.2, 0.25) is 0 Å². The number of hydrogen-bond acceptors (Lipinski definition) is 4. The van der Waals surface area contributed by atoms with E-state index in [4.69, 9.17) is 4.42 Å². The van der Waals surface area contributed by atoms with Crippen molar-refractivity contribution in [1.82, 2.24) is 9.55 Å². The SMILES string of the molecule is CCN(CC)c1ccc(NC(=O)c2ccc(-n3ccnc3)o2)cc1. The van der Waals surface area contributed by atoms with Gasteiger partial charge in [0.25, 0.3) is 5.91 Å². The number of imidazole rings is 1. The number of carbonyl (C=O) groups is 1. The van der Waals surface area contributed by atoms with Gasteiger partial charge in [-0.05, 0) is 44.2 Å². The average molecular weight is 324 g/mol. The molecule has 2 heterocycles. The summed E-state index contributed by atoms with van der Waals surface area (Å²) in [6.45, 7) is 6.14. The highest BCUT2D eigenvalue weighted by Crippen LogP contribution is 2.19.